The van der Waals surface area contributed by atoms with Gasteiger partial charge in [0.1, 0.15) is 15.3 Å². The Morgan fingerprint density at radius 2 is 1.26 bits per heavy atom. The van der Waals surface area contributed by atoms with Crippen LogP contribution in [0.2, 0.25) is 0 Å². The highest BCUT2D eigenvalue weighted by molar-refractivity contribution is 7.28. The van der Waals surface area contributed by atoms with Crippen LogP contribution >= 0.6 is 22.7 Å². The van der Waals surface area contributed by atoms with E-state index in [0.717, 1.165) is 30.9 Å². The fourth-order valence-electron chi connectivity index (χ4n) is 5.81. The van der Waals surface area contributed by atoms with Crippen molar-refractivity contribution in [3.63, 3.8) is 0 Å². The van der Waals surface area contributed by atoms with Gasteiger partial charge < -0.3 is 4.74 Å². The Morgan fingerprint density at radius 3 is 1.92 bits per heavy atom. The predicted molar refractivity (Wildman–Crippen MR) is 164 cm³/mol. The van der Waals surface area contributed by atoms with Gasteiger partial charge in [0.2, 0.25) is 0 Å². The molecule has 38 heavy (non-hydrogen) atoms. The molecule has 0 unspecified atom stereocenters. The Bertz CT molecular complexity index is 2270. The van der Waals surface area contributed by atoms with E-state index in [-0.39, 0.29) is 5.56 Å². The van der Waals surface area contributed by atoms with Crippen LogP contribution < -0.4 is 10.3 Å². The van der Waals surface area contributed by atoms with E-state index in [0.29, 0.717) is 6.54 Å². The maximum atomic E-state index is 14.3. The second kappa shape index (κ2) is 8.15. The summed E-state index contributed by atoms with van der Waals surface area (Å²) in [6, 6.07) is 33.8. The first kappa shape index (κ1) is 21.9. The molecular formula is C33H21NO2S2. The lowest BCUT2D eigenvalue weighted by atomic mass is 9.99. The quantitative estimate of drug-likeness (QED) is 0.230. The molecule has 5 aromatic carbocycles. The number of thiophene rings is 2. The normalized spacial score (nSPS) is 12.0. The lowest BCUT2D eigenvalue weighted by Gasteiger charge is -2.10. The van der Waals surface area contributed by atoms with E-state index in [4.69, 9.17) is 4.74 Å². The topological polar surface area (TPSA) is 31.2 Å². The van der Waals surface area contributed by atoms with Crippen molar-refractivity contribution in [2.45, 2.75) is 6.54 Å². The highest BCUT2D eigenvalue weighted by atomic mass is 32.1. The van der Waals surface area contributed by atoms with Crippen molar-refractivity contribution < 1.29 is 4.74 Å². The van der Waals surface area contributed by atoms with Crippen molar-refractivity contribution in [3.05, 3.63) is 113 Å². The summed E-state index contributed by atoms with van der Waals surface area (Å²) in [7, 11) is 1.67. The van der Waals surface area contributed by atoms with Crippen LogP contribution in [0.25, 0.3) is 62.0 Å². The van der Waals surface area contributed by atoms with E-state index in [9.17, 15) is 4.79 Å². The van der Waals surface area contributed by atoms with Crippen molar-refractivity contribution in [1.82, 2.24) is 4.57 Å². The second-order valence-corrected chi connectivity index (χ2v) is 11.7. The second-order valence-electron chi connectivity index (χ2n) is 9.65. The highest BCUT2D eigenvalue weighted by Gasteiger charge is 2.22. The molecule has 0 aliphatic rings. The zero-order valence-electron chi connectivity index (χ0n) is 20.5. The average Bonchev–Trinajstić information content (AvgIpc) is 3.55. The van der Waals surface area contributed by atoms with Gasteiger partial charge in [-0.1, -0.05) is 72.8 Å². The van der Waals surface area contributed by atoms with Gasteiger partial charge in [-0.15, -0.1) is 22.7 Å². The fraction of sp³-hybridized carbons (Fsp3) is 0.0606. The summed E-state index contributed by atoms with van der Waals surface area (Å²) in [5.74, 6) is 0.811. The molecule has 0 atom stereocenters. The first-order valence-corrected chi connectivity index (χ1v) is 14.2. The number of methoxy groups -OCH3 is 1. The Balaban J connectivity index is 1.60. The van der Waals surface area contributed by atoms with Gasteiger partial charge in [-0.25, -0.2) is 0 Å². The number of ether oxygens (including phenoxy) is 1. The summed E-state index contributed by atoms with van der Waals surface area (Å²) >= 11 is 3.34. The van der Waals surface area contributed by atoms with Gasteiger partial charge in [0, 0.05) is 30.9 Å². The number of hydrogen-bond donors (Lipinski definition) is 0. The number of fused-ring (bicyclic) bond motifs is 11. The smallest absolute Gasteiger partial charge is 0.269 e. The molecule has 0 bridgehead atoms. The maximum absolute atomic E-state index is 14.3. The van der Waals surface area contributed by atoms with Gasteiger partial charge >= 0.3 is 0 Å². The zero-order valence-corrected chi connectivity index (χ0v) is 22.2. The molecule has 182 valence electrons. The van der Waals surface area contributed by atoms with E-state index in [1.165, 1.54) is 42.4 Å². The fourth-order valence-corrected chi connectivity index (χ4v) is 8.20. The Hall–Kier alpha value is -4.19. The Labute approximate surface area is 225 Å². The van der Waals surface area contributed by atoms with Gasteiger partial charge in [-0.05, 0) is 51.4 Å². The van der Waals surface area contributed by atoms with Crippen LogP contribution in [0.15, 0.2) is 102 Å². The van der Waals surface area contributed by atoms with Crippen LogP contribution in [0.4, 0.5) is 0 Å². The standard InChI is InChI=1S/C33H21NO2S2/c1-36-22-14-10-19(11-15-22)18-34-32(35)31-29(27-23-8-4-2-6-20(23)12-16-25(27)37-31)30-28-24-9-5-3-7-21(24)13-17-26(28)38-33(30)34/h2-17H,18H2,1H3. The molecule has 0 aliphatic heterocycles. The molecule has 0 amide bonds. The summed E-state index contributed by atoms with van der Waals surface area (Å²) in [5.41, 5.74) is 1.15. The van der Waals surface area contributed by atoms with Gasteiger partial charge in [0.05, 0.1) is 13.7 Å². The number of aromatic nitrogens is 1. The molecule has 0 radical (unpaired) electrons. The molecule has 8 rings (SSSR count). The summed E-state index contributed by atoms with van der Waals surface area (Å²) in [4.78, 5) is 15.3. The monoisotopic (exact) mass is 527 g/mol. The Morgan fingerprint density at radius 1 is 0.658 bits per heavy atom. The van der Waals surface area contributed by atoms with Crippen LogP contribution in [-0.4, -0.2) is 11.7 Å². The average molecular weight is 528 g/mol. The van der Waals surface area contributed by atoms with Crippen LogP contribution in [0.5, 0.6) is 5.75 Å². The molecule has 5 heteroatoms. The molecular weight excluding hydrogens is 507 g/mol. The molecule has 0 saturated heterocycles. The maximum Gasteiger partial charge on any atom is 0.269 e. The van der Waals surface area contributed by atoms with Gasteiger partial charge in [0.15, 0.2) is 0 Å². The summed E-state index contributed by atoms with van der Waals surface area (Å²) in [5, 5.41) is 9.54. The number of pyridine rings is 1. The summed E-state index contributed by atoms with van der Waals surface area (Å²) in [6.45, 7) is 0.509. The van der Waals surface area contributed by atoms with Crippen LogP contribution in [0, 0.1) is 0 Å². The van der Waals surface area contributed by atoms with Gasteiger partial charge in [0.25, 0.3) is 5.56 Å². The minimum Gasteiger partial charge on any atom is -0.497 e. The molecule has 3 aromatic heterocycles. The molecule has 8 aromatic rings. The number of hydrogen-bond acceptors (Lipinski definition) is 4. The first-order chi connectivity index (χ1) is 18.7. The summed E-state index contributed by atoms with van der Waals surface area (Å²) < 4.78 is 10.5. The van der Waals surface area contributed by atoms with Gasteiger partial charge in [-0.3, -0.25) is 9.36 Å². The van der Waals surface area contributed by atoms with Gasteiger partial charge in [-0.2, -0.15) is 0 Å². The molecule has 0 saturated carbocycles. The first-order valence-electron chi connectivity index (χ1n) is 12.5. The number of benzene rings is 5. The predicted octanol–water partition coefficient (Wildman–Crippen LogP) is 8.95. The van der Waals surface area contributed by atoms with Crippen molar-refractivity contribution in [1.29, 1.82) is 0 Å². The SMILES string of the molecule is COc1ccc(Cn2c(=O)c3sc4ccc5ccccc5c4c3c3c4c(ccc5ccccc54)sc32)cc1. The molecule has 0 N–H and O–H groups in total. The third-order valence-electron chi connectivity index (χ3n) is 7.58. The number of nitrogens with zero attached hydrogens (tertiary/aromatic N) is 1. The van der Waals surface area contributed by atoms with Crippen LogP contribution in [0.1, 0.15) is 5.56 Å². The molecule has 3 nitrogen and oxygen atoms in total. The minimum absolute atomic E-state index is 0.0736. The van der Waals surface area contributed by atoms with E-state index >= 15 is 0 Å². The minimum atomic E-state index is 0.0736. The third kappa shape index (κ3) is 3.03. The van der Waals surface area contributed by atoms with Crippen molar-refractivity contribution in [3.8, 4) is 5.75 Å². The van der Waals surface area contributed by atoms with E-state index < -0.39 is 0 Å². The van der Waals surface area contributed by atoms with E-state index in [1.54, 1.807) is 29.8 Å². The molecule has 3 heterocycles. The Kier molecular flexibility index (Phi) is 4.69. The van der Waals surface area contributed by atoms with Crippen molar-refractivity contribution in [2.75, 3.05) is 7.11 Å². The third-order valence-corrected chi connectivity index (χ3v) is 9.90. The lowest BCUT2D eigenvalue weighted by Crippen LogP contribution is -2.20. The van der Waals surface area contributed by atoms with Crippen molar-refractivity contribution >= 4 is 84.7 Å². The number of rotatable bonds is 3. The van der Waals surface area contributed by atoms with Crippen LogP contribution in [0.3, 0.4) is 0 Å². The molecule has 0 spiro atoms. The van der Waals surface area contributed by atoms with E-state index in [2.05, 4.69) is 72.8 Å². The van der Waals surface area contributed by atoms with Crippen molar-refractivity contribution in [2.24, 2.45) is 0 Å². The molecule has 0 aliphatic carbocycles. The largest absolute Gasteiger partial charge is 0.497 e. The highest BCUT2D eigenvalue weighted by Crippen LogP contribution is 2.46. The molecule has 0 fully saturated rings. The van der Waals surface area contributed by atoms with E-state index in [1.807, 2.05) is 28.8 Å². The lowest BCUT2D eigenvalue weighted by molar-refractivity contribution is 0.414. The van der Waals surface area contributed by atoms with Crippen LogP contribution in [-0.2, 0) is 6.54 Å². The zero-order chi connectivity index (χ0) is 25.4. The summed E-state index contributed by atoms with van der Waals surface area (Å²) in [6.07, 6.45) is 0.